The molecule has 0 fully saturated rings. The Labute approximate surface area is 71.8 Å². The molecule has 0 atom stereocenters. The number of carbonyl (C=O) groups excluding carboxylic acids is 1. The van der Waals surface area contributed by atoms with Crippen LogP contribution < -0.4 is 4.74 Å². The fraction of sp³-hybridized carbons (Fsp3) is 0.286. The molecule has 0 N–H and O–H groups in total. The third-order valence-electron chi connectivity index (χ3n) is 1.09. The largest absolute Gasteiger partial charge is 0.487 e. The van der Waals surface area contributed by atoms with Gasteiger partial charge >= 0.3 is 0 Å². The van der Waals surface area contributed by atoms with Crippen LogP contribution in [0.15, 0.2) is 11.4 Å². The highest BCUT2D eigenvalue weighted by atomic mass is 32.1. The fourth-order valence-electron chi connectivity index (χ4n) is 0.631. The summed E-state index contributed by atoms with van der Waals surface area (Å²) in [5.74, 6) is 0.322. The van der Waals surface area contributed by atoms with Gasteiger partial charge in [-0.1, -0.05) is 0 Å². The van der Waals surface area contributed by atoms with Crippen molar-refractivity contribution in [3.63, 3.8) is 0 Å². The zero-order valence-electron chi connectivity index (χ0n) is 6.00. The van der Waals surface area contributed by atoms with E-state index in [1.165, 1.54) is 11.4 Å². The molecule has 0 radical (unpaired) electrons. The van der Waals surface area contributed by atoms with Crippen LogP contribution in [0.25, 0.3) is 0 Å². The second kappa shape index (κ2) is 4.15. The topological polar surface area (TPSA) is 26.3 Å². The molecular weight excluding hydrogens is 186 g/mol. The average Bonchev–Trinajstić information content (AvgIpc) is 2.48. The molecule has 0 amide bonds. The van der Waals surface area contributed by atoms with E-state index < -0.39 is 13.0 Å². The normalized spacial score (nSPS) is 10.2. The summed E-state index contributed by atoms with van der Waals surface area (Å²) in [5.41, 5.74) is 0. The second-order valence-electron chi connectivity index (χ2n) is 2.00. The Kier molecular flexibility index (Phi) is 3.16. The second-order valence-corrected chi connectivity index (χ2v) is 2.95. The van der Waals surface area contributed by atoms with Crippen LogP contribution in [0.4, 0.5) is 8.78 Å². The Bertz CT molecular complexity index is 260. The van der Waals surface area contributed by atoms with Gasteiger partial charge in [0, 0.05) is 11.4 Å². The van der Waals surface area contributed by atoms with Crippen LogP contribution in [0.1, 0.15) is 9.67 Å². The third-order valence-corrected chi connectivity index (χ3v) is 1.92. The van der Waals surface area contributed by atoms with Gasteiger partial charge in [0.1, 0.15) is 12.4 Å². The summed E-state index contributed by atoms with van der Waals surface area (Å²) in [7, 11) is 0. The molecule has 1 rings (SSSR count). The van der Waals surface area contributed by atoms with Crippen LogP contribution in [0.3, 0.4) is 0 Å². The summed E-state index contributed by atoms with van der Waals surface area (Å²) in [4.78, 5) is 10.6. The van der Waals surface area contributed by atoms with E-state index in [0.29, 0.717) is 16.9 Å². The Morgan fingerprint density at radius 2 is 2.42 bits per heavy atom. The van der Waals surface area contributed by atoms with Crippen LogP contribution in [-0.2, 0) is 0 Å². The lowest BCUT2D eigenvalue weighted by Gasteiger charge is -2.00. The minimum Gasteiger partial charge on any atom is -0.487 e. The number of alkyl halides is 2. The molecule has 1 aromatic rings. The van der Waals surface area contributed by atoms with E-state index in [1.807, 2.05) is 0 Å². The first-order valence-corrected chi connectivity index (χ1v) is 4.05. The van der Waals surface area contributed by atoms with Gasteiger partial charge in [0.2, 0.25) is 0 Å². The van der Waals surface area contributed by atoms with E-state index in [1.54, 1.807) is 0 Å². The van der Waals surface area contributed by atoms with Crippen molar-refractivity contribution in [1.29, 1.82) is 0 Å². The average molecular weight is 192 g/mol. The predicted molar refractivity (Wildman–Crippen MR) is 41.2 cm³/mol. The number of hydrogen-bond donors (Lipinski definition) is 0. The minimum absolute atomic E-state index is 0.322. The minimum atomic E-state index is -2.48. The number of carbonyl (C=O) groups is 1. The van der Waals surface area contributed by atoms with Crippen molar-refractivity contribution in [3.8, 4) is 5.75 Å². The Morgan fingerprint density at radius 3 is 2.92 bits per heavy atom. The number of aldehydes is 1. The van der Waals surface area contributed by atoms with Crippen molar-refractivity contribution in [1.82, 2.24) is 0 Å². The van der Waals surface area contributed by atoms with Gasteiger partial charge in [0.25, 0.3) is 6.43 Å². The van der Waals surface area contributed by atoms with Crippen molar-refractivity contribution in [3.05, 3.63) is 16.3 Å². The molecule has 0 unspecified atom stereocenters. The maximum absolute atomic E-state index is 11.6. The molecule has 0 bridgehead atoms. The van der Waals surface area contributed by atoms with Gasteiger partial charge in [0.15, 0.2) is 6.29 Å². The summed E-state index contributed by atoms with van der Waals surface area (Å²) in [6.45, 7) is -0.630. The number of halogens is 2. The molecule has 0 aliphatic heterocycles. The summed E-state index contributed by atoms with van der Waals surface area (Å²) in [6, 6.07) is 1.43. The lowest BCUT2D eigenvalue weighted by atomic mass is 10.5. The highest BCUT2D eigenvalue weighted by molar-refractivity contribution is 7.11. The van der Waals surface area contributed by atoms with E-state index in [-0.39, 0.29) is 0 Å². The van der Waals surface area contributed by atoms with Crippen LogP contribution in [-0.4, -0.2) is 19.3 Å². The molecule has 5 heteroatoms. The standard InChI is InChI=1S/C7H6F2O2S/c8-7(9)3-11-5-1-6(2-10)12-4-5/h1-2,4,7H,3H2. The molecule has 0 aliphatic rings. The van der Waals surface area contributed by atoms with Gasteiger partial charge in [-0.2, -0.15) is 0 Å². The monoisotopic (exact) mass is 192 g/mol. The van der Waals surface area contributed by atoms with Gasteiger partial charge in [-0.15, -0.1) is 11.3 Å². The zero-order chi connectivity index (χ0) is 8.97. The SMILES string of the molecule is O=Cc1cc(OCC(F)F)cs1. The first-order chi connectivity index (χ1) is 5.72. The lowest BCUT2D eigenvalue weighted by Crippen LogP contribution is -2.06. The first kappa shape index (κ1) is 9.12. The molecule has 0 saturated carbocycles. The van der Waals surface area contributed by atoms with Gasteiger partial charge < -0.3 is 4.74 Å². The molecule has 66 valence electrons. The molecule has 1 aromatic heterocycles. The van der Waals surface area contributed by atoms with Crippen LogP contribution in [0, 0.1) is 0 Å². The molecule has 0 aromatic carbocycles. The van der Waals surface area contributed by atoms with Crippen LogP contribution >= 0.6 is 11.3 Å². The Hall–Kier alpha value is -0.970. The van der Waals surface area contributed by atoms with E-state index in [9.17, 15) is 13.6 Å². The number of ether oxygens (including phenoxy) is 1. The first-order valence-electron chi connectivity index (χ1n) is 3.17. The highest BCUT2D eigenvalue weighted by Gasteiger charge is 2.04. The van der Waals surface area contributed by atoms with E-state index in [0.717, 1.165) is 11.3 Å². The van der Waals surface area contributed by atoms with Gasteiger partial charge in [0.05, 0.1) is 4.88 Å². The quantitative estimate of drug-likeness (QED) is 0.683. The summed E-state index contributed by atoms with van der Waals surface area (Å²) in [6.07, 6.45) is -1.83. The highest BCUT2D eigenvalue weighted by Crippen LogP contribution is 2.20. The van der Waals surface area contributed by atoms with Gasteiger partial charge in [-0.3, -0.25) is 4.79 Å². The molecule has 12 heavy (non-hydrogen) atoms. The summed E-state index contributed by atoms with van der Waals surface area (Å²) < 4.78 is 27.9. The van der Waals surface area contributed by atoms with Crippen LogP contribution in [0.5, 0.6) is 5.75 Å². The van der Waals surface area contributed by atoms with Crippen molar-refractivity contribution in [2.24, 2.45) is 0 Å². The Balaban J connectivity index is 2.47. The van der Waals surface area contributed by atoms with E-state index in [4.69, 9.17) is 0 Å². The fourth-order valence-corrected chi connectivity index (χ4v) is 1.26. The Morgan fingerprint density at radius 1 is 1.67 bits per heavy atom. The molecule has 1 heterocycles. The van der Waals surface area contributed by atoms with Crippen molar-refractivity contribution >= 4 is 17.6 Å². The van der Waals surface area contributed by atoms with Crippen LogP contribution in [0.2, 0.25) is 0 Å². The van der Waals surface area contributed by atoms with Crippen molar-refractivity contribution in [2.75, 3.05) is 6.61 Å². The summed E-state index contributed by atoms with van der Waals surface area (Å²) >= 11 is 1.16. The smallest absolute Gasteiger partial charge is 0.272 e. The molecule has 2 nitrogen and oxygen atoms in total. The molecule has 0 spiro atoms. The van der Waals surface area contributed by atoms with Crippen molar-refractivity contribution in [2.45, 2.75) is 6.43 Å². The number of rotatable bonds is 4. The predicted octanol–water partition coefficient (Wildman–Crippen LogP) is 2.20. The number of thiophene rings is 1. The summed E-state index contributed by atoms with van der Waals surface area (Å²) in [5, 5.41) is 1.52. The molecule has 0 aliphatic carbocycles. The van der Waals surface area contributed by atoms with E-state index in [2.05, 4.69) is 4.74 Å². The number of hydrogen-bond acceptors (Lipinski definition) is 3. The van der Waals surface area contributed by atoms with E-state index >= 15 is 0 Å². The van der Waals surface area contributed by atoms with Gasteiger partial charge in [-0.05, 0) is 0 Å². The maximum atomic E-state index is 11.6. The van der Waals surface area contributed by atoms with Gasteiger partial charge in [-0.25, -0.2) is 8.78 Å². The molecule has 0 saturated heterocycles. The lowest BCUT2D eigenvalue weighted by molar-refractivity contribution is 0.0821. The third kappa shape index (κ3) is 2.58. The van der Waals surface area contributed by atoms with Crippen molar-refractivity contribution < 1.29 is 18.3 Å². The maximum Gasteiger partial charge on any atom is 0.272 e. The zero-order valence-corrected chi connectivity index (χ0v) is 6.81. The molecular formula is C7H6F2O2S.